The highest BCUT2D eigenvalue weighted by molar-refractivity contribution is 5.13. The Morgan fingerprint density at radius 3 is 2.60 bits per heavy atom. The topological polar surface area (TPSA) is 3.24 Å². The summed E-state index contributed by atoms with van der Waals surface area (Å²) in [6.07, 6.45) is 2.90. The molecule has 0 N–H and O–H groups in total. The van der Waals surface area contributed by atoms with E-state index >= 15 is 0 Å². The molecular formula is C9H17N. The summed E-state index contributed by atoms with van der Waals surface area (Å²) >= 11 is 0. The van der Waals surface area contributed by atoms with Gasteiger partial charge in [-0.2, -0.15) is 0 Å². The van der Waals surface area contributed by atoms with Crippen LogP contribution < -0.4 is 0 Å². The van der Waals surface area contributed by atoms with E-state index in [1.807, 2.05) is 0 Å². The van der Waals surface area contributed by atoms with E-state index in [2.05, 4.69) is 25.8 Å². The van der Waals surface area contributed by atoms with Crippen molar-refractivity contribution in [3.63, 3.8) is 0 Å². The lowest BCUT2D eigenvalue weighted by molar-refractivity contribution is 0.234. The molecule has 2 rings (SSSR count). The molecule has 0 amide bonds. The number of likely N-dealkylation sites (tertiary alicyclic amines) is 1. The first-order valence-corrected chi connectivity index (χ1v) is 4.41. The summed E-state index contributed by atoms with van der Waals surface area (Å²) in [7, 11) is 2.26. The van der Waals surface area contributed by atoms with Crippen LogP contribution in [0.2, 0.25) is 0 Å². The van der Waals surface area contributed by atoms with E-state index in [-0.39, 0.29) is 0 Å². The molecule has 1 saturated heterocycles. The first-order valence-electron chi connectivity index (χ1n) is 4.41. The van der Waals surface area contributed by atoms with Crippen LogP contribution in [0.5, 0.6) is 0 Å². The molecule has 1 heteroatoms. The second kappa shape index (κ2) is 1.76. The summed E-state index contributed by atoms with van der Waals surface area (Å²) in [6.45, 7) is 6.08. The second-order valence-corrected chi connectivity index (χ2v) is 4.10. The van der Waals surface area contributed by atoms with Crippen LogP contribution in [0.25, 0.3) is 0 Å². The summed E-state index contributed by atoms with van der Waals surface area (Å²) in [5.41, 5.74) is 0.759. The third-order valence-corrected chi connectivity index (χ3v) is 3.94. The van der Waals surface area contributed by atoms with E-state index in [9.17, 15) is 0 Å². The first-order chi connectivity index (χ1) is 4.70. The minimum atomic E-state index is 0.759. The molecule has 0 aromatic rings. The molecule has 1 heterocycles. The normalized spacial score (nSPS) is 53.1. The highest BCUT2D eigenvalue weighted by Gasteiger charge is 2.61. The van der Waals surface area contributed by atoms with Crippen molar-refractivity contribution >= 4 is 0 Å². The molecule has 0 aromatic carbocycles. The van der Waals surface area contributed by atoms with Crippen LogP contribution in [-0.2, 0) is 0 Å². The summed E-state index contributed by atoms with van der Waals surface area (Å²) in [6, 6.07) is 0.850. The average Bonchev–Trinajstić information content (AvgIpc) is 2.57. The molecule has 58 valence electrons. The van der Waals surface area contributed by atoms with Crippen LogP contribution in [0.1, 0.15) is 26.7 Å². The van der Waals surface area contributed by atoms with Gasteiger partial charge in [-0.05, 0) is 38.1 Å². The molecule has 2 aliphatic rings. The SMILES string of the molecule is CC[C@@]12CC1CN(C)[C@@H]2C. The van der Waals surface area contributed by atoms with Gasteiger partial charge in [-0.25, -0.2) is 0 Å². The maximum atomic E-state index is 2.51. The summed E-state index contributed by atoms with van der Waals surface area (Å²) in [4.78, 5) is 2.51. The van der Waals surface area contributed by atoms with Crippen LogP contribution in [0.4, 0.5) is 0 Å². The lowest BCUT2D eigenvalue weighted by atomic mass is 9.95. The van der Waals surface area contributed by atoms with Gasteiger partial charge >= 0.3 is 0 Å². The van der Waals surface area contributed by atoms with Crippen molar-refractivity contribution in [2.24, 2.45) is 11.3 Å². The van der Waals surface area contributed by atoms with E-state index in [0.717, 1.165) is 17.4 Å². The fourth-order valence-electron chi connectivity index (χ4n) is 2.83. The standard InChI is InChI=1S/C9H17N/c1-4-9-5-8(9)6-10(3)7(9)2/h7-8H,4-6H2,1-3H3/t7-,8?,9+/m1/s1. The van der Waals surface area contributed by atoms with Crippen molar-refractivity contribution in [1.82, 2.24) is 4.90 Å². The van der Waals surface area contributed by atoms with Crippen molar-refractivity contribution in [3.8, 4) is 0 Å². The fraction of sp³-hybridized carbons (Fsp3) is 1.00. The highest BCUT2D eigenvalue weighted by Crippen LogP contribution is 2.62. The third-order valence-electron chi connectivity index (χ3n) is 3.94. The third kappa shape index (κ3) is 0.572. The predicted molar refractivity (Wildman–Crippen MR) is 42.9 cm³/mol. The van der Waals surface area contributed by atoms with Gasteiger partial charge in [-0.1, -0.05) is 6.92 Å². The van der Waals surface area contributed by atoms with Gasteiger partial charge in [-0.3, -0.25) is 0 Å². The minimum Gasteiger partial charge on any atom is -0.303 e. The second-order valence-electron chi connectivity index (χ2n) is 4.10. The van der Waals surface area contributed by atoms with Gasteiger partial charge in [0, 0.05) is 12.6 Å². The average molecular weight is 139 g/mol. The maximum absolute atomic E-state index is 2.51. The van der Waals surface area contributed by atoms with Gasteiger partial charge in [0.2, 0.25) is 0 Å². The molecule has 1 unspecified atom stereocenters. The van der Waals surface area contributed by atoms with Gasteiger partial charge < -0.3 is 4.90 Å². The molecule has 2 fully saturated rings. The Bertz CT molecular complexity index is 151. The number of fused-ring (bicyclic) bond motifs is 1. The van der Waals surface area contributed by atoms with Crippen LogP contribution >= 0.6 is 0 Å². The van der Waals surface area contributed by atoms with E-state index in [1.165, 1.54) is 19.4 Å². The first kappa shape index (κ1) is 6.66. The molecule has 0 spiro atoms. The fourth-order valence-corrected chi connectivity index (χ4v) is 2.83. The molecule has 1 saturated carbocycles. The Morgan fingerprint density at radius 1 is 1.60 bits per heavy atom. The van der Waals surface area contributed by atoms with Crippen molar-refractivity contribution in [3.05, 3.63) is 0 Å². The monoisotopic (exact) mass is 139 g/mol. The number of hydrogen-bond acceptors (Lipinski definition) is 1. The predicted octanol–water partition coefficient (Wildman–Crippen LogP) is 1.74. The summed E-state index contributed by atoms with van der Waals surface area (Å²) < 4.78 is 0. The van der Waals surface area contributed by atoms with Gasteiger partial charge in [0.05, 0.1) is 0 Å². The van der Waals surface area contributed by atoms with Gasteiger partial charge in [0.25, 0.3) is 0 Å². The number of nitrogens with zero attached hydrogens (tertiary/aromatic N) is 1. The zero-order valence-corrected chi connectivity index (χ0v) is 7.22. The lowest BCUT2D eigenvalue weighted by Crippen LogP contribution is -2.30. The Labute approximate surface area is 63.4 Å². The van der Waals surface area contributed by atoms with E-state index in [4.69, 9.17) is 0 Å². The Kier molecular flexibility index (Phi) is 1.17. The number of piperidine rings is 1. The molecule has 3 atom stereocenters. The Hall–Kier alpha value is -0.0400. The molecule has 1 aliphatic carbocycles. The van der Waals surface area contributed by atoms with E-state index in [0.29, 0.717) is 0 Å². The zero-order valence-electron chi connectivity index (χ0n) is 7.22. The summed E-state index contributed by atoms with van der Waals surface area (Å²) in [5.74, 6) is 1.05. The Balaban J connectivity index is 2.15. The maximum Gasteiger partial charge on any atom is 0.0124 e. The van der Waals surface area contributed by atoms with Crippen molar-refractivity contribution in [1.29, 1.82) is 0 Å². The molecule has 0 bridgehead atoms. The van der Waals surface area contributed by atoms with Gasteiger partial charge in [-0.15, -0.1) is 0 Å². The van der Waals surface area contributed by atoms with E-state index in [1.54, 1.807) is 0 Å². The van der Waals surface area contributed by atoms with Crippen LogP contribution in [-0.4, -0.2) is 24.5 Å². The molecule has 0 aromatic heterocycles. The highest BCUT2D eigenvalue weighted by atomic mass is 15.2. The smallest absolute Gasteiger partial charge is 0.0124 e. The van der Waals surface area contributed by atoms with Crippen LogP contribution in [0.3, 0.4) is 0 Å². The van der Waals surface area contributed by atoms with Gasteiger partial charge in [0.1, 0.15) is 0 Å². The minimum absolute atomic E-state index is 0.759. The number of hydrogen-bond donors (Lipinski definition) is 0. The number of rotatable bonds is 1. The molecule has 1 aliphatic heterocycles. The van der Waals surface area contributed by atoms with Crippen molar-refractivity contribution in [2.45, 2.75) is 32.7 Å². The molecule has 10 heavy (non-hydrogen) atoms. The Morgan fingerprint density at radius 2 is 2.30 bits per heavy atom. The van der Waals surface area contributed by atoms with Crippen molar-refractivity contribution in [2.75, 3.05) is 13.6 Å². The largest absolute Gasteiger partial charge is 0.303 e. The van der Waals surface area contributed by atoms with Crippen LogP contribution in [0.15, 0.2) is 0 Å². The quantitative estimate of drug-likeness (QED) is 0.535. The van der Waals surface area contributed by atoms with Crippen LogP contribution in [0, 0.1) is 11.3 Å². The molecular weight excluding hydrogens is 122 g/mol. The van der Waals surface area contributed by atoms with Crippen molar-refractivity contribution < 1.29 is 0 Å². The molecule has 1 nitrogen and oxygen atoms in total. The van der Waals surface area contributed by atoms with E-state index < -0.39 is 0 Å². The molecule has 0 radical (unpaired) electrons. The lowest BCUT2D eigenvalue weighted by Gasteiger charge is -2.24. The van der Waals surface area contributed by atoms with Gasteiger partial charge in [0.15, 0.2) is 0 Å². The summed E-state index contributed by atoms with van der Waals surface area (Å²) in [5, 5.41) is 0. The zero-order chi connectivity index (χ0) is 7.35.